The molecule has 0 unspecified atom stereocenters. The number of nitrogens with one attached hydrogen (secondary N) is 2. The van der Waals surface area contributed by atoms with Gasteiger partial charge >= 0.3 is 0 Å². The lowest BCUT2D eigenvalue weighted by Gasteiger charge is -2.17. The number of aromatic nitrogens is 4. The van der Waals surface area contributed by atoms with Crippen molar-refractivity contribution in [2.45, 2.75) is 19.4 Å². The Morgan fingerprint density at radius 1 is 1.23 bits per heavy atom. The minimum atomic E-state index is -1.02. The maximum atomic E-state index is 12.5. The van der Waals surface area contributed by atoms with Crippen LogP contribution in [0.4, 0.5) is 0 Å². The summed E-state index contributed by atoms with van der Waals surface area (Å²) in [5, 5.41) is 19.8. The van der Waals surface area contributed by atoms with E-state index in [9.17, 15) is 9.90 Å². The molecule has 0 saturated heterocycles. The van der Waals surface area contributed by atoms with E-state index in [2.05, 4.69) is 25.5 Å². The van der Waals surface area contributed by atoms with E-state index in [1.807, 2.05) is 12.1 Å². The summed E-state index contributed by atoms with van der Waals surface area (Å²) >= 11 is 5.94. The number of benzene rings is 1. The molecule has 1 amide bonds. The minimum absolute atomic E-state index is 0.103. The van der Waals surface area contributed by atoms with Crippen LogP contribution in [-0.4, -0.2) is 43.3 Å². The molecule has 8 heteroatoms. The lowest BCUT2D eigenvalue weighted by Crippen LogP contribution is -2.38. The van der Waals surface area contributed by atoms with Crippen molar-refractivity contribution < 1.29 is 9.90 Å². The van der Waals surface area contributed by atoms with Crippen LogP contribution >= 0.6 is 11.6 Å². The lowest BCUT2D eigenvalue weighted by atomic mass is 10.1. The number of rotatable bonds is 5. The van der Waals surface area contributed by atoms with Gasteiger partial charge in [0.25, 0.3) is 5.91 Å². The highest BCUT2D eigenvalue weighted by atomic mass is 35.5. The summed E-state index contributed by atoms with van der Waals surface area (Å²) in [6, 6.07) is 10.5. The van der Waals surface area contributed by atoms with Crippen LogP contribution in [0.5, 0.6) is 0 Å². The molecule has 0 bridgehead atoms. The van der Waals surface area contributed by atoms with Gasteiger partial charge in [0.1, 0.15) is 11.4 Å². The summed E-state index contributed by atoms with van der Waals surface area (Å²) in [7, 11) is 0. The zero-order chi connectivity index (χ0) is 18.7. The minimum Gasteiger partial charge on any atom is -0.389 e. The van der Waals surface area contributed by atoms with Crippen LogP contribution in [0.3, 0.4) is 0 Å². The van der Waals surface area contributed by atoms with Gasteiger partial charge in [-0.25, -0.2) is 9.97 Å². The fourth-order valence-corrected chi connectivity index (χ4v) is 2.35. The number of aromatic amines is 1. The van der Waals surface area contributed by atoms with E-state index in [-0.39, 0.29) is 12.2 Å². The number of nitrogens with zero attached hydrogens (tertiary/aromatic N) is 3. The van der Waals surface area contributed by atoms with Gasteiger partial charge in [0.2, 0.25) is 0 Å². The summed E-state index contributed by atoms with van der Waals surface area (Å²) in [5.41, 5.74) is 1.15. The number of hydrogen-bond donors (Lipinski definition) is 3. The number of hydrogen-bond acceptors (Lipinski definition) is 5. The third-order valence-electron chi connectivity index (χ3n) is 3.52. The van der Waals surface area contributed by atoms with E-state index in [1.54, 1.807) is 44.3 Å². The van der Waals surface area contributed by atoms with Crippen LogP contribution in [0.25, 0.3) is 22.8 Å². The van der Waals surface area contributed by atoms with Crippen molar-refractivity contribution in [3.8, 4) is 22.8 Å². The molecule has 0 atom stereocenters. The van der Waals surface area contributed by atoms with Gasteiger partial charge in [-0.1, -0.05) is 23.7 Å². The topological polar surface area (TPSA) is 104 Å². The first kappa shape index (κ1) is 18.0. The van der Waals surface area contributed by atoms with Crippen LogP contribution in [0, 0.1) is 0 Å². The fourth-order valence-electron chi connectivity index (χ4n) is 2.22. The Morgan fingerprint density at radius 2 is 1.96 bits per heavy atom. The molecule has 26 heavy (non-hydrogen) atoms. The molecule has 2 heterocycles. The van der Waals surface area contributed by atoms with Crippen LogP contribution in [0.1, 0.15) is 24.3 Å². The number of halogens is 1. The number of amides is 1. The summed E-state index contributed by atoms with van der Waals surface area (Å²) in [6.07, 6.45) is 1.59. The maximum absolute atomic E-state index is 12.5. The van der Waals surface area contributed by atoms with Crippen molar-refractivity contribution in [1.29, 1.82) is 0 Å². The molecule has 0 aliphatic rings. The van der Waals surface area contributed by atoms with Gasteiger partial charge in [-0.05, 0) is 38.1 Å². The van der Waals surface area contributed by atoms with Gasteiger partial charge < -0.3 is 10.4 Å². The van der Waals surface area contributed by atoms with Gasteiger partial charge in [0.15, 0.2) is 5.82 Å². The SMILES string of the molecule is CC(C)(O)CNC(=O)c1cc(-c2ccc(Cl)cc2)nc(-c2ccn[nH]2)n1. The Kier molecular flexibility index (Phi) is 5.01. The van der Waals surface area contributed by atoms with Crippen LogP contribution in [0.2, 0.25) is 5.02 Å². The molecule has 7 nitrogen and oxygen atoms in total. The molecular formula is C18H18ClN5O2. The smallest absolute Gasteiger partial charge is 0.270 e. The number of H-pyrrole nitrogens is 1. The van der Waals surface area contributed by atoms with Crippen molar-refractivity contribution in [3.63, 3.8) is 0 Å². The third kappa shape index (κ3) is 4.44. The number of carbonyl (C=O) groups is 1. The number of aliphatic hydroxyl groups is 1. The lowest BCUT2D eigenvalue weighted by molar-refractivity contribution is 0.0692. The van der Waals surface area contributed by atoms with E-state index in [4.69, 9.17) is 11.6 Å². The Hall–Kier alpha value is -2.77. The Bertz CT molecular complexity index is 902. The van der Waals surface area contributed by atoms with E-state index in [0.717, 1.165) is 5.56 Å². The highest BCUT2D eigenvalue weighted by molar-refractivity contribution is 6.30. The predicted octanol–water partition coefficient (Wildman–Crippen LogP) is 2.69. The molecular weight excluding hydrogens is 354 g/mol. The average Bonchev–Trinajstić information content (AvgIpc) is 3.14. The highest BCUT2D eigenvalue weighted by Gasteiger charge is 2.18. The summed E-state index contributed by atoms with van der Waals surface area (Å²) < 4.78 is 0. The second-order valence-electron chi connectivity index (χ2n) is 6.43. The molecule has 0 aliphatic heterocycles. The van der Waals surface area contributed by atoms with E-state index >= 15 is 0 Å². The summed E-state index contributed by atoms with van der Waals surface area (Å²) in [5.74, 6) is -0.0473. The first-order valence-corrected chi connectivity index (χ1v) is 8.35. The summed E-state index contributed by atoms with van der Waals surface area (Å²) in [4.78, 5) is 21.3. The quantitative estimate of drug-likeness (QED) is 0.639. The molecule has 3 aromatic rings. The zero-order valence-electron chi connectivity index (χ0n) is 14.3. The second-order valence-corrected chi connectivity index (χ2v) is 6.87. The largest absolute Gasteiger partial charge is 0.389 e. The molecule has 0 spiro atoms. The maximum Gasteiger partial charge on any atom is 0.270 e. The predicted molar refractivity (Wildman–Crippen MR) is 98.7 cm³/mol. The Labute approximate surface area is 155 Å². The molecule has 0 saturated carbocycles. The van der Waals surface area contributed by atoms with Crippen LogP contribution in [-0.2, 0) is 0 Å². The second kappa shape index (κ2) is 7.23. The summed E-state index contributed by atoms with van der Waals surface area (Å²) in [6.45, 7) is 3.33. The van der Waals surface area contributed by atoms with Gasteiger partial charge in [-0.15, -0.1) is 0 Å². The van der Waals surface area contributed by atoms with Crippen molar-refractivity contribution in [3.05, 3.63) is 53.3 Å². The first-order chi connectivity index (χ1) is 12.3. The monoisotopic (exact) mass is 371 g/mol. The molecule has 2 aromatic heterocycles. The van der Waals surface area contributed by atoms with Crippen molar-refractivity contribution in [2.75, 3.05) is 6.54 Å². The van der Waals surface area contributed by atoms with E-state index < -0.39 is 11.5 Å². The molecule has 0 radical (unpaired) electrons. The van der Waals surface area contributed by atoms with Crippen LogP contribution in [0.15, 0.2) is 42.6 Å². The van der Waals surface area contributed by atoms with Crippen LogP contribution < -0.4 is 5.32 Å². The number of carbonyl (C=O) groups excluding carboxylic acids is 1. The first-order valence-electron chi connectivity index (χ1n) is 7.97. The third-order valence-corrected chi connectivity index (χ3v) is 3.77. The van der Waals surface area contributed by atoms with E-state index in [1.165, 1.54) is 0 Å². The Morgan fingerprint density at radius 3 is 2.58 bits per heavy atom. The highest BCUT2D eigenvalue weighted by Crippen LogP contribution is 2.23. The molecule has 3 N–H and O–H groups in total. The average molecular weight is 372 g/mol. The van der Waals surface area contributed by atoms with Gasteiger partial charge in [0, 0.05) is 23.3 Å². The molecule has 1 aromatic carbocycles. The van der Waals surface area contributed by atoms with Crippen molar-refractivity contribution in [1.82, 2.24) is 25.5 Å². The normalized spacial score (nSPS) is 11.4. The van der Waals surface area contributed by atoms with Gasteiger partial charge in [0.05, 0.1) is 11.3 Å². The van der Waals surface area contributed by atoms with Gasteiger partial charge in [-0.2, -0.15) is 5.10 Å². The van der Waals surface area contributed by atoms with Gasteiger partial charge in [-0.3, -0.25) is 9.89 Å². The molecule has 3 rings (SSSR count). The zero-order valence-corrected chi connectivity index (χ0v) is 15.1. The molecule has 0 aliphatic carbocycles. The molecule has 0 fully saturated rings. The molecule has 134 valence electrons. The standard InChI is InChI=1S/C18H18ClN5O2/c1-18(2,26)10-20-17(25)15-9-14(11-3-5-12(19)6-4-11)22-16(23-15)13-7-8-21-24-13/h3-9,26H,10H2,1-2H3,(H,20,25)(H,21,24). The Balaban J connectivity index is 2.00. The fraction of sp³-hybridized carbons (Fsp3) is 0.222. The van der Waals surface area contributed by atoms with Crippen molar-refractivity contribution in [2.24, 2.45) is 0 Å². The van der Waals surface area contributed by atoms with E-state index in [0.29, 0.717) is 22.2 Å². The van der Waals surface area contributed by atoms with Crippen molar-refractivity contribution >= 4 is 17.5 Å².